The number of aliphatic hydroxyl groups is 3. The molecule has 1 aliphatic rings. The molecule has 7 aromatic rings. The molecule has 22 nitrogen and oxygen atoms in total. The standard InChI is InChI=1S/C48H49N13O9S6/c1-8-24(37(65)49-12-20(5)62)51-38(66)28-15-73-46(56-28)32-18-74-45(58-32)26-11-10-23-36(50-26)27-13-75-48(53-27)35(22(7)64)61-41(69)31-17-76-47(57-31)33(19(3)4)59-39(67)30-16-72-44(55-30)25(9-2)52-42(70)34(21(6)63)60-40(68)29-14-71-43(23)54-29/h8-11,13-22,33-35,62-64H,12H2,1-7H3,(H,49,65)(H,51,66)(H,52,70)(H,59,67)(H,60,68)(H,61,69)/b24-8+,25-9-. The van der Waals surface area contributed by atoms with Crippen molar-refractivity contribution >= 4 is 109 Å². The van der Waals surface area contributed by atoms with Gasteiger partial charge in [0.25, 0.3) is 29.5 Å². The van der Waals surface area contributed by atoms with Crippen molar-refractivity contribution < 1.29 is 44.1 Å². The lowest BCUT2D eigenvalue weighted by Crippen LogP contribution is -2.52. The van der Waals surface area contributed by atoms with Crippen LogP contribution in [0.15, 0.2) is 62.3 Å². The Bertz CT molecular complexity index is 3380. The van der Waals surface area contributed by atoms with Gasteiger partial charge >= 0.3 is 0 Å². The number of rotatable bonds is 10. The molecule has 0 saturated heterocycles. The Morgan fingerprint density at radius 2 is 1.13 bits per heavy atom. The second kappa shape index (κ2) is 24.0. The van der Waals surface area contributed by atoms with Crippen LogP contribution in [0.1, 0.15) is 118 Å². The Balaban J connectivity index is 1.15. The molecular weight excluding hydrogens is 1100 g/mol. The maximum atomic E-state index is 13.9. The number of thiazole rings is 6. The van der Waals surface area contributed by atoms with Gasteiger partial charge in [0, 0.05) is 44.4 Å². The maximum Gasteiger partial charge on any atom is 0.275 e. The molecule has 1 aliphatic heterocycles. The van der Waals surface area contributed by atoms with Gasteiger partial charge in [-0.2, -0.15) is 0 Å². The summed E-state index contributed by atoms with van der Waals surface area (Å²) in [4.78, 5) is 114. The fraction of sp³-hybridized carbons (Fsp3) is 0.312. The van der Waals surface area contributed by atoms with Gasteiger partial charge in [0.1, 0.15) is 87.7 Å². The van der Waals surface area contributed by atoms with Gasteiger partial charge in [-0.25, -0.2) is 34.9 Å². The first-order valence-electron chi connectivity index (χ1n) is 23.3. The van der Waals surface area contributed by atoms with Crippen LogP contribution in [0, 0.1) is 5.92 Å². The van der Waals surface area contributed by atoms with Crippen molar-refractivity contribution in [3.63, 3.8) is 0 Å². The Morgan fingerprint density at radius 1 is 0.605 bits per heavy atom. The molecule has 8 bridgehead atoms. The van der Waals surface area contributed by atoms with E-state index in [1.807, 2.05) is 13.8 Å². The molecule has 8 heterocycles. The minimum absolute atomic E-state index is 0.00119. The van der Waals surface area contributed by atoms with Crippen LogP contribution in [0.2, 0.25) is 0 Å². The molecule has 0 aromatic carbocycles. The van der Waals surface area contributed by atoms with E-state index in [0.717, 1.165) is 34.0 Å². The van der Waals surface area contributed by atoms with Crippen molar-refractivity contribution in [2.24, 2.45) is 5.92 Å². The highest BCUT2D eigenvalue weighted by Crippen LogP contribution is 2.38. The number of aromatic nitrogens is 7. The molecule has 8 rings (SSSR count). The van der Waals surface area contributed by atoms with Gasteiger partial charge in [0.05, 0.1) is 35.7 Å². The average Bonchev–Trinajstić information content (AvgIpc) is 4.26. The lowest BCUT2D eigenvalue weighted by atomic mass is 10.1. The quantitative estimate of drug-likeness (QED) is 0.0756. The summed E-state index contributed by atoms with van der Waals surface area (Å²) in [6, 6.07) is 0.366. The average molecular weight is 1140 g/mol. The summed E-state index contributed by atoms with van der Waals surface area (Å²) < 4.78 is 0. The summed E-state index contributed by atoms with van der Waals surface area (Å²) in [5.74, 6) is -4.00. The predicted octanol–water partition coefficient (Wildman–Crippen LogP) is 5.57. The summed E-state index contributed by atoms with van der Waals surface area (Å²) in [7, 11) is 0. The Kier molecular flexibility index (Phi) is 17.5. The molecule has 7 aromatic heterocycles. The van der Waals surface area contributed by atoms with Gasteiger partial charge in [-0.05, 0) is 52.7 Å². The van der Waals surface area contributed by atoms with E-state index in [9.17, 15) is 44.1 Å². The van der Waals surface area contributed by atoms with E-state index >= 15 is 0 Å². The highest BCUT2D eigenvalue weighted by atomic mass is 32.1. The number of pyridine rings is 1. The van der Waals surface area contributed by atoms with Gasteiger partial charge in [0.15, 0.2) is 0 Å². The first kappa shape index (κ1) is 55.3. The first-order valence-corrected chi connectivity index (χ1v) is 28.6. The largest absolute Gasteiger partial charge is 0.392 e. The van der Waals surface area contributed by atoms with Crippen molar-refractivity contribution in [3.8, 4) is 43.4 Å². The Labute approximate surface area is 458 Å². The fourth-order valence-corrected chi connectivity index (χ4v) is 12.4. The van der Waals surface area contributed by atoms with Crippen molar-refractivity contribution in [1.82, 2.24) is 66.8 Å². The van der Waals surface area contributed by atoms with Crippen LogP contribution in [0.25, 0.3) is 49.1 Å². The molecule has 28 heteroatoms. The lowest BCUT2D eigenvalue weighted by molar-refractivity contribution is -0.124. The molecule has 0 radical (unpaired) electrons. The van der Waals surface area contributed by atoms with Gasteiger partial charge in [-0.1, -0.05) is 26.0 Å². The molecule has 0 fully saturated rings. The number of allylic oxidation sites excluding steroid dienone is 2. The van der Waals surface area contributed by atoms with E-state index < -0.39 is 71.9 Å². The van der Waals surface area contributed by atoms with Gasteiger partial charge in [-0.15, -0.1) is 68.0 Å². The summed E-state index contributed by atoms with van der Waals surface area (Å²) in [6.45, 7) is 11.4. The number of aliphatic hydroxyl groups excluding tert-OH is 3. The molecular formula is C48H49N13O9S6. The zero-order valence-corrected chi connectivity index (χ0v) is 46.3. The van der Waals surface area contributed by atoms with Crippen LogP contribution in [0.4, 0.5) is 0 Å². The Morgan fingerprint density at radius 3 is 1.78 bits per heavy atom. The molecule has 0 aliphatic carbocycles. The summed E-state index contributed by atoms with van der Waals surface area (Å²) in [5.41, 5.74) is 2.26. The number of nitrogens with one attached hydrogen (secondary N) is 6. The number of carbonyl (C=O) groups is 6. The predicted molar refractivity (Wildman–Crippen MR) is 290 cm³/mol. The number of hydrogen-bond acceptors (Lipinski definition) is 22. The number of carbonyl (C=O) groups excluding carboxylic acids is 6. The van der Waals surface area contributed by atoms with Crippen LogP contribution in [0.3, 0.4) is 0 Å². The van der Waals surface area contributed by atoms with Gasteiger partial charge in [0.2, 0.25) is 5.91 Å². The minimum Gasteiger partial charge on any atom is -0.392 e. The second-order valence-electron chi connectivity index (χ2n) is 17.4. The monoisotopic (exact) mass is 1140 g/mol. The summed E-state index contributed by atoms with van der Waals surface area (Å²) in [6.07, 6.45) is -0.261. The van der Waals surface area contributed by atoms with E-state index in [-0.39, 0.29) is 51.6 Å². The summed E-state index contributed by atoms with van der Waals surface area (Å²) in [5, 5.41) is 59.6. The molecule has 76 heavy (non-hydrogen) atoms. The van der Waals surface area contributed by atoms with E-state index in [4.69, 9.17) is 15.0 Å². The van der Waals surface area contributed by atoms with Crippen LogP contribution in [-0.4, -0.2) is 117 Å². The van der Waals surface area contributed by atoms with E-state index in [0.29, 0.717) is 53.4 Å². The third-order valence-corrected chi connectivity index (χ3v) is 16.6. The minimum atomic E-state index is -1.45. The molecule has 6 atom stereocenters. The molecule has 6 amide bonds. The smallest absolute Gasteiger partial charge is 0.275 e. The zero-order chi connectivity index (χ0) is 54.5. The number of hydrogen-bond donors (Lipinski definition) is 9. The van der Waals surface area contributed by atoms with Crippen LogP contribution in [-0.2, 0) is 9.59 Å². The fourth-order valence-electron chi connectivity index (χ4n) is 7.20. The normalized spacial score (nSPS) is 18.5. The molecule has 0 spiro atoms. The topological polar surface area (TPSA) is 326 Å². The SMILES string of the molecule is C/C=C1\NC(=O)C(C(C)O)NC(=O)c2csc(n2)-c2ccc(-c3nc(-c4nc(C(=O)N/C(=C/C)C(=O)NCC(C)O)cs4)cs3)nc2-c2csc(n2)C(C(C)O)NC(=O)c2csc(n2)C(C(C)C)NC(=O)c2csc1n2. The first-order chi connectivity index (χ1) is 36.3. The third kappa shape index (κ3) is 12.5. The number of amides is 6. The van der Waals surface area contributed by atoms with E-state index in [2.05, 4.69) is 51.8 Å². The van der Waals surface area contributed by atoms with Crippen LogP contribution < -0.4 is 31.9 Å². The van der Waals surface area contributed by atoms with Crippen molar-refractivity contribution in [2.45, 2.75) is 84.9 Å². The zero-order valence-electron chi connectivity index (χ0n) is 41.4. The molecule has 0 saturated carbocycles. The van der Waals surface area contributed by atoms with E-state index in [1.54, 1.807) is 48.2 Å². The summed E-state index contributed by atoms with van der Waals surface area (Å²) >= 11 is 6.97. The van der Waals surface area contributed by atoms with Crippen molar-refractivity contribution in [3.05, 3.63) is 100 Å². The van der Waals surface area contributed by atoms with Crippen molar-refractivity contribution in [1.29, 1.82) is 0 Å². The molecule has 9 N–H and O–H groups in total. The highest BCUT2D eigenvalue weighted by molar-refractivity contribution is 7.15. The number of fused-ring (bicyclic) bond motifs is 11. The van der Waals surface area contributed by atoms with Gasteiger partial charge in [-0.3, -0.25) is 28.8 Å². The van der Waals surface area contributed by atoms with E-state index in [1.165, 1.54) is 77.0 Å². The highest BCUT2D eigenvalue weighted by Gasteiger charge is 2.32. The van der Waals surface area contributed by atoms with Crippen LogP contribution >= 0.6 is 68.0 Å². The Hall–Kier alpha value is -6.89. The second-order valence-corrected chi connectivity index (χ2v) is 22.6. The molecule has 6 unspecified atom stereocenters. The van der Waals surface area contributed by atoms with Gasteiger partial charge < -0.3 is 47.2 Å². The molecule has 396 valence electrons. The van der Waals surface area contributed by atoms with Crippen LogP contribution in [0.5, 0.6) is 0 Å². The maximum absolute atomic E-state index is 13.9. The number of nitrogens with zero attached hydrogens (tertiary/aromatic N) is 7. The lowest BCUT2D eigenvalue weighted by Gasteiger charge is -2.21. The van der Waals surface area contributed by atoms with Crippen molar-refractivity contribution in [2.75, 3.05) is 6.54 Å². The third-order valence-electron chi connectivity index (χ3n) is 11.2.